The standard InChI is InChI=1S/C15H26N2O4/c1-15(2)10-11(6-9-21-15)12(16-14(19)20-3)13(18)17-7-4-5-8-17/h11-12H,4-10H2,1-3H3,(H,16,19)/t11?,12-/m1/s1. The van der Waals surface area contributed by atoms with Crippen molar-refractivity contribution in [3.8, 4) is 0 Å². The number of hydrogen-bond donors (Lipinski definition) is 1. The van der Waals surface area contributed by atoms with Gasteiger partial charge in [-0.25, -0.2) is 4.79 Å². The van der Waals surface area contributed by atoms with Crippen LogP contribution in [-0.4, -0.2) is 55.3 Å². The summed E-state index contributed by atoms with van der Waals surface area (Å²) in [6, 6.07) is -0.515. The number of nitrogens with one attached hydrogen (secondary N) is 1. The second-order valence-electron chi connectivity index (χ2n) is 6.51. The van der Waals surface area contributed by atoms with Crippen molar-refractivity contribution in [3.05, 3.63) is 0 Å². The smallest absolute Gasteiger partial charge is 0.407 e. The lowest BCUT2D eigenvalue weighted by Crippen LogP contribution is -2.54. The number of nitrogens with zero attached hydrogens (tertiary/aromatic N) is 1. The molecule has 2 atom stereocenters. The van der Waals surface area contributed by atoms with E-state index in [-0.39, 0.29) is 17.4 Å². The summed E-state index contributed by atoms with van der Waals surface area (Å²) in [5.41, 5.74) is -0.260. The highest BCUT2D eigenvalue weighted by atomic mass is 16.5. The van der Waals surface area contributed by atoms with Crippen LogP contribution in [0.25, 0.3) is 0 Å². The number of rotatable bonds is 3. The van der Waals surface area contributed by atoms with E-state index in [4.69, 9.17) is 4.74 Å². The Morgan fingerprint density at radius 1 is 1.33 bits per heavy atom. The molecule has 0 aliphatic carbocycles. The number of likely N-dealkylation sites (tertiary alicyclic amines) is 1. The van der Waals surface area contributed by atoms with Gasteiger partial charge in [0.2, 0.25) is 5.91 Å². The number of hydrogen-bond acceptors (Lipinski definition) is 4. The molecule has 2 amide bonds. The van der Waals surface area contributed by atoms with Crippen LogP contribution in [0.4, 0.5) is 4.79 Å². The van der Waals surface area contributed by atoms with Crippen LogP contribution in [0.5, 0.6) is 0 Å². The fraction of sp³-hybridized carbons (Fsp3) is 0.867. The number of methoxy groups -OCH3 is 1. The molecular formula is C15H26N2O4. The molecule has 0 radical (unpaired) electrons. The lowest BCUT2D eigenvalue weighted by Gasteiger charge is -2.39. The first-order valence-corrected chi connectivity index (χ1v) is 7.70. The summed E-state index contributed by atoms with van der Waals surface area (Å²) in [6.07, 6.45) is 3.06. The van der Waals surface area contributed by atoms with E-state index in [2.05, 4.69) is 10.1 Å². The number of ether oxygens (including phenoxy) is 2. The lowest BCUT2D eigenvalue weighted by molar-refractivity contribution is -0.137. The zero-order chi connectivity index (χ0) is 15.5. The van der Waals surface area contributed by atoms with E-state index in [0.717, 1.165) is 38.8 Å². The van der Waals surface area contributed by atoms with Gasteiger partial charge in [0, 0.05) is 19.7 Å². The zero-order valence-electron chi connectivity index (χ0n) is 13.2. The van der Waals surface area contributed by atoms with Gasteiger partial charge in [0.1, 0.15) is 6.04 Å². The summed E-state index contributed by atoms with van der Waals surface area (Å²) in [6.45, 7) is 6.23. The second kappa shape index (κ2) is 6.64. The third kappa shape index (κ3) is 4.09. The number of carbonyl (C=O) groups excluding carboxylic acids is 2. The molecule has 0 aromatic rings. The van der Waals surface area contributed by atoms with Crippen LogP contribution in [0.3, 0.4) is 0 Å². The van der Waals surface area contributed by atoms with Crippen molar-refractivity contribution in [2.24, 2.45) is 5.92 Å². The maximum absolute atomic E-state index is 12.7. The van der Waals surface area contributed by atoms with Gasteiger partial charge in [-0.1, -0.05) is 0 Å². The summed E-state index contributed by atoms with van der Waals surface area (Å²) in [4.78, 5) is 26.2. The van der Waals surface area contributed by atoms with E-state index >= 15 is 0 Å². The fourth-order valence-corrected chi connectivity index (χ4v) is 3.26. The molecule has 0 aromatic heterocycles. The minimum absolute atomic E-state index is 0.0144. The molecule has 0 saturated carbocycles. The molecular weight excluding hydrogens is 272 g/mol. The highest BCUT2D eigenvalue weighted by Gasteiger charge is 2.39. The molecule has 2 heterocycles. The second-order valence-corrected chi connectivity index (χ2v) is 6.51. The van der Waals surface area contributed by atoms with E-state index in [1.54, 1.807) is 0 Å². The minimum atomic E-state index is -0.545. The van der Waals surface area contributed by atoms with Crippen molar-refractivity contribution in [3.63, 3.8) is 0 Å². The highest BCUT2D eigenvalue weighted by molar-refractivity contribution is 5.86. The molecule has 0 spiro atoms. The summed E-state index contributed by atoms with van der Waals surface area (Å²) >= 11 is 0. The summed E-state index contributed by atoms with van der Waals surface area (Å²) in [5, 5.41) is 2.74. The van der Waals surface area contributed by atoms with Gasteiger partial charge in [-0.2, -0.15) is 0 Å². The molecule has 2 saturated heterocycles. The quantitative estimate of drug-likeness (QED) is 0.858. The molecule has 0 aromatic carbocycles. The third-order valence-corrected chi connectivity index (χ3v) is 4.35. The molecule has 1 unspecified atom stereocenters. The largest absolute Gasteiger partial charge is 0.453 e. The van der Waals surface area contributed by atoms with E-state index in [1.807, 2.05) is 18.7 Å². The zero-order valence-corrected chi connectivity index (χ0v) is 13.2. The van der Waals surface area contributed by atoms with E-state index in [9.17, 15) is 9.59 Å². The number of carbonyl (C=O) groups is 2. The summed E-state index contributed by atoms with van der Waals surface area (Å²) in [5.74, 6) is 0.0987. The van der Waals surface area contributed by atoms with Crippen LogP contribution in [0.15, 0.2) is 0 Å². The molecule has 2 aliphatic rings. The van der Waals surface area contributed by atoms with Crippen molar-refractivity contribution < 1.29 is 19.1 Å². The Balaban J connectivity index is 2.10. The molecule has 6 heteroatoms. The molecule has 2 fully saturated rings. The Labute approximate surface area is 126 Å². The van der Waals surface area contributed by atoms with Crippen molar-refractivity contribution in [2.45, 2.75) is 51.2 Å². The fourth-order valence-electron chi connectivity index (χ4n) is 3.26. The normalized spacial score (nSPS) is 26.2. The molecule has 2 rings (SSSR count). The Bertz CT molecular complexity index is 391. The SMILES string of the molecule is COC(=O)N[C@@H](C(=O)N1CCCC1)C1CCOC(C)(C)C1. The van der Waals surface area contributed by atoms with Crippen molar-refractivity contribution in [2.75, 3.05) is 26.8 Å². The molecule has 6 nitrogen and oxygen atoms in total. The predicted molar refractivity (Wildman–Crippen MR) is 77.9 cm³/mol. The van der Waals surface area contributed by atoms with Crippen molar-refractivity contribution >= 4 is 12.0 Å². The Morgan fingerprint density at radius 2 is 2.00 bits per heavy atom. The summed E-state index contributed by atoms with van der Waals surface area (Å²) < 4.78 is 10.4. The van der Waals surface area contributed by atoms with Crippen molar-refractivity contribution in [1.82, 2.24) is 10.2 Å². The molecule has 0 bridgehead atoms. The predicted octanol–water partition coefficient (Wildman–Crippen LogP) is 1.54. The lowest BCUT2D eigenvalue weighted by atomic mass is 9.83. The van der Waals surface area contributed by atoms with Gasteiger partial charge >= 0.3 is 6.09 Å². The maximum atomic E-state index is 12.7. The first kappa shape index (κ1) is 16.1. The van der Waals surface area contributed by atoms with Crippen LogP contribution in [0.1, 0.15) is 39.5 Å². The molecule has 120 valence electrons. The maximum Gasteiger partial charge on any atom is 0.407 e. The topological polar surface area (TPSA) is 67.9 Å². The number of alkyl carbamates (subject to hydrolysis) is 1. The monoisotopic (exact) mass is 298 g/mol. The van der Waals surface area contributed by atoms with Crippen LogP contribution in [0, 0.1) is 5.92 Å². The van der Waals surface area contributed by atoms with E-state index in [0.29, 0.717) is 6.61 Å². The van der Waals surface area contributed by atoms with Gasteiger partial charge in [-0.05, 0) is 45.4 Å². The molecule has 1 N–H and O–H groups in total. The van der Waals surface area contributed by atoms with Gasteiger partial charge in [0.15, 0.2) is 0 Å². The third-order valence-electron chi connectivity index (χ3n) is 4.35. The van der Waals surface area contributed by atoms with Gasteiger partial charge in [-0.3, -0.25) is 4.79 Å². The Hall–Kier alpha value is -1.30. The van der Waals surface area contributed by atoms with Gasteiger partial charge in [-0.15, -0.1) is 0 Å². The highest BCUT2D eigenvalue weighted by Crippen LogP contribution is 2.31. The first-order valence-electron chi connectivity index (χ1n) is 7.70. The summed E-state index contributed by atoms with van der Waals surface area (Å²) in [7, 11) is 1.32. The average Bonchev–Trinajstić information content (AvgIpc) is 2.96. The van der Waals surface area contributed by atoms with E-state index < -0.39 is 12.1 Å². The molecule has 2 aliphatic heterocycles. The Morgan fingerprint density at radius 3 is 2.57 bits per heavy atom. The van der Waals surface area contributed by atoms with E-state index in [1.165, 1.54) is 7.11 Å². The van der Waals surface area contributed by atoms with Crippen LogP contribution < -0.4 is 5.32 Å². The van der Waals surface area contributed by atoms with Gasteiger partial charge in [0.25, 0.3) is 0 Å². The molecule has 21 heavy (non-hydrogen) atoms. The first-order chi connectivity index (χ1) is 9.93. The minimum Gasteiger partial charge on any atom is -0.453 e. The van der Waals surface area contributed by atoms with Crippen molar-refractivity contribution in [1.29, 1.82) is 0 Å². The van der Waals surface area contributed by atoms with Crippen LogP contribution >= 0.6 is 0 Å². The van der Waals surface area contributed by atoms with Gasteiger partial charge < -0.3 is 19.7 Å². The number of amides is 2. The Kier molecular flexibility index (Phi) is 5.08. The average molecular weight is 298 g/mol. The van der Waals surface area contributed by atoms with Gasteiger partial charge in [0.05, 0.1) is 12.7 Å². The van der Waals surface area contributed by atoms with Crippen LogP contribution in [0.2, 0.25) is 0 Å². The van der Waals surface area contributed by atoms with Crippen LogP contribution in [-0.2, 0) is 14.3 Å².